The second kappa shape index (κ2) is 5.68. The van der Waals surface area contributed by atoms with Crippen LogP contribution in [0.5, 0.6) is 0 Å². The molecule has 0 radical (unpaired) electrons. The van der Waals surface area contributed by atoms with Crippen molar-refractivity contribution in [3.8, 4) is 0 Å². The van der Waals surface area contributed by atoms with Crippen LogP contribution < -0.4 is 4.90 Å². The first-order valence-electron chi connectivity index (χ1n) is 7.21. The van der Waals surface area contributed by atoms with Crippen LogP contribution >= 0.6 is 0 Å². The van der Waals surface area contributed by atoms with Crippen LogP contribution in [0.15, 0.2) is 36.9 Å². The smallest absolute Gasteiger partial charge is 0.310 e. The van der Waals surface area contributed by atoms with Crippen LogP contribution in [0.4, 0.5) is 10.5 Å². The summed E-state index contributed by atoms with van der Waals surface area (Å²) >= 11 is 0. The summed E-state index contributed by atoms with van der Waals surface area (Å²) in [7, 11) is 0. The topological polar surface area (TPSA) is 78.0 Å². The molecule has 7 heteroatoms. The van der Waals surface area contributed by atoms with Crippen molar-refractivity contribution in [1.29, 1.82) is 0 Å². The molecule has 5 amide bonds. The largest absolute Gasteiger partial charge is 0.335 e. The number of nitrogens with zero attached hydrogens (tertiary/aromatic N) is 3. The third-order valence-electron chi connectivity index (χ3n) is 3.93. The molecule has 0 unspecified atom stereocenters. The summed E-state index contributed by atoms with van der Waals surface area (Å²) in [6, 6.07) is 6.70. The number of carbonyl (C=O) groups excluding carboxylic acids is 4. The molecular weight excluding hydrogens is 298 g/mol. The van der Waals surface area contributed by atoms with Crippen molar-refractivity contribution in [3.05, 3.63) is 42.5 Å². The summed E-state index contributed by atoms with van der Waals surface area (Å²) in [4.78, 5) is 51.2. The lowest BCUT2D eigenvalue weighted by molar-refractivity contribution is -0.143. The lowest BCUT2D eigenvalue weighted by Crippen LogP contribution is -2.43. The normalized spacial score (nSPS) is 17.0. The number of imide groups is 2. The van der Waals surface area contributed by atoms with Gasteiger partial charge in [0, 0.05) is 18.8 Å². The molecule has 0 bridgehead atoms. The van der Waals surface area contributed by atoms with Crippen LogP contribution in [-0.2, 0) is 20.8 Å². The van der Waals surface area contributed by atoms with Crippen LogP contribution in [0.3, 0.4) is 0 Å². The van der Waals surface area contributed by atoms with Crippen LogP contribution in [0, 0.1) is 0 Å². The molecule has 1 fully saturated rings. The molecule has 23 heavy (non-hydrogen) atoms. The fraction of sp³-hybridized carbons (Fsp3) is 0.250. The number of hydrogen-bond donors (Lipinski definition) is 0. The zero-order valence-corrected chi connectivity index (χ0v) is 12.4. The number of rotatable bonds is 4. The molecule has 2 heterocycles. The summed E-state index contributed by atoms with van der Waals surface area (Å²) in [5, 5.41) is 0. The predicted octanol–water partition coefficient (Wildman–Crippen LogP) is 0.553. The van der Waals surface area contributed by atoms with Gasteiger partial charge >= 0.3 is 17.8 Å². The van der Waals surface area contributed by atoms with Crippen molar-refractivity contribution in [2.24, 2.45) is 0 Å². The van der Waals surface area contributed by atoms with Crippen LogP contribution in [-0.4, -0.2) is 53.2 Å². The van der Waals surface area contributed by atoms with E-state index in [0.29, 0.717) is 11.4 Å². The number of para-hydroxylation sites is 1. The fourth-order valence-corrected chi connectivity index (χ4v) is 2.80. The molecular formula is C16H15N3O4. The summed E-state index contributed by atoms with van der Waals surface area (Å²) in [6.07, 6.45) is 2.08. The van der Waals surface area contributed by atoms with Gasteiger partial charge in [-0.2, -0.15) is 0 Å². The highest BCUT2D eigenvalue weighted by atomic mass is 16.2. The van der Waals surface area contributed by atoms with Crippen LogP contribution in [0.2, 0.25) is 0 Å². The molecule has 3 rings (SSSR count). The molecule has 7 nitrogen and oxygen atoms in total. The van der Waals surface area contributed by atoms with Crippen molar-refractivity contribution >= 4 is 29.4 Å². The van der Waals surface area contributed by atoms with Gasteiger partial charge in [0.25, 0.3) is 0 Å². The first-order chi connectivity index (χ1) is 11.0. The van der Waals surface area contributed by atoms with E-state index in [1.807, 2.05) is 24.3 Å². The summed E-state index contributed by atoms with van der Waals surface area (Å²) in [6.45, 7) is 3.45. The highest BCUT2D eigenvalue weighted by Gasteiger charge is 2.45. The van der Waals surface area contributed by atoms with Crippen LogP contribution in [0.25, 0.3) is 0 Å². The second-order valence-electron chi connectivity index (χ2n) is 5.30. The van der Waals surface area contributed by atoms with E-state index in [1.165, 1.54) is 11.0 Å². The van der Waals surface area contributed by atoms with Crippen molar-refractivity contribution in [2.75, 3.05) is 24.5 Å². The van der Waals surface area contributed by atoms with E-state index in [1.54, 1.807) is 0 Å². The monoisotopic (exact) mass is 313 g/mol. The first-order valence-corrected chi connectivity index (χ1v) is 7.21. The van der Waals surface area contributed by atoms with Gasteiger partial charge in [-0.1, -0.05) is 24.3 Å². The van der Waals surface area contributed by atoms with E-state index < -0.39 is 24.4 Å². The van der Waals surface area contributed by atoms with Gasteiger partial charge in [-0.25, -0.2) is 9.69 Å². The molecule has 1 aromatic carbocycles. The van der Waals surface area contributed by atoms with Gasteiger partial charge in [0.1, 0.15) is 6.54 Å². The summed E-state index contributed by atoms with van der Waals surface area (Å²) in [5.74, 6) is -2.29. The molecule has 0 atom stereocenters. The molecule has 0 saturated carbocycles. The van der Waals surface area contributed by atoms with E-state index >= 15 is 0 Å². The SMILES string of the molecule is C=CCN1C(=O)C(=O)N(CC(=O)N2CCc3ccccc32)C1=O. The number of fused-ring (bicyclic) bond motifs is 1. The molecule has 0 N–H and O–H groups in total. The molecule has 0 spiro atoms. The number of benzene rings is 1. The summed E-state index contributed by atoms with van der Waals surface area (Å²) in [5.41, 5.74) is 1.83. The van der Waals surface area contributed by atoms with Crippen molar-refractivity contribution in [1.82, 2.24) is 9.80 Å². The molecule has 0 aromatic heterocycles. The minimum absolute atomic E-state index is 0.0549. The van der Waals surface area contributed by atoms with Gasteiger partial charge in [-0.15, -0.1) is 6.58 Å². The minimum Gasteiger partial charge on any atom is -0.310 e. The Balaban J connectivity index is 1.76. The molecule has 0 aliphatic carbocycles. The Labute approximate surface area is 132 Å². The minimum atomic E-state index is -0.974. The van der Waals surface area contributed by atoms with E-state index in [9.17, 15) is 19.2 Å². The molecule has 1 saturated heterocycles. The maximum absolute atomic E-state index is 12.5. The Hall–Kier alpha value is -2.96. The third-order valence-corrected chi connectivity index (χ3v) is 3.93. The Morgan fingerprint density at radius 1 is 1.13 bits per heavy atom. The fourth-order valence-electron chi connectivity index (χ4n) is 2.80. The molecule has 2 aliphatic rings. The summed E-state index contributed by atoms with van der Waals surface area (Å²) < 4.78 is 0. The maximum Gasteiger partial charge on any atom is 0.335 e. The van der Waals surface area contributed by atoms with E-state index in [0.717, 1.165) is 22.6 Å². The molecule has 2 aliphatic heterocycles. The zero-order chi connectivity index (χ0) is 16.6. The van der Waals surface area contributed by atoms with E-state index in [-0.39, 0.29) is 12.5 Å². The highest BCUT2D eigenvalue weighted by Crippen LogP contribution is 2.27. The predicted molar refractivity (Wildman–Crippen MR) is 81.5 cm³/mol. The average Bonchev–Trinajstić information content (AvgIpc) is 3.06. The third kappa shape index (κ3) is 2.40. The van der Waals surface area contributed by atoms with Gasteiger partial charge in [0.15, 0.2) is 0 Å². The van der Waals surface area contributed by atoms with Crippen molar-refractivity contribution < 1.29 is 19.2 Å². The Bertz CT molecular complexity index is 728. The maximum atomic E-state index is 12.5. The Morgan fingerprint density at radius 2 is 1.83 bits per heavy atom. The number of anilines is 1. The van der Waals surface area contributed by atoms with Gasteiger partial charge in [-0.05, 0) is 18.1 Å². The molecule has 118 valence electrons. The number of urea groups is 1. The van der Waals surface area contributed by atoms with Gasteiger partial charge in [0.05, 0.1) is 0 Å². The first kappa shape index (κ1) is 15.0. The number of amides is 5. The average molecular weight is 313 g/mol. The van der Waals surface area contributed by atoms with E-state index in [2.05, 4.69) is 6.58 Å². The number of hydrogen-bond acceptors (Lipinski definition) is 4. The van der Waals surface area contributed by atoms with Crippen LogP contribution in [0.1, 0.15) is 5.56 Å². The quantitative estimate of drug-likeness (QED) is 0.462. The lowest BCUT2D eigenvalue weighted by Gasteiger charge is -2.20. The highest BCUT2D eigenvalue weighted by molar-refractivity contribution is 6.45. The van der Waals surface area contributed by atoms with Crippen molar-refractivity contribution in [2.45, 2.75) is 6.42 Å². The van der Waals surface area contributed by atoms with Crippen molar-refractivity contribution in [3.63, 3.8) is 0 Å². The molecule has 1 aromatic rings. The van der Waals surface area contributed by atoms with E-state index in [4.69, 9.17) is 0 Å². The lowest BCUT2D eigenvalue weighted by atomic mass is 10.2. The van der Waals surface area contributed by atoms with Gasteiger partial charge in [-0.3, -0.25) is 19.3 Å². The Morgan fingerprint density at radius 3 is 2.57 bits per heavy atom. The standard InChI is InChI=1S/C16H15N3O4/c1-2-8-18-14(21)15(22)19(16(18)23)10-13(20)17-9-7-11-5-3-4-6-12(11)17/h2-6H,1,7-10H2. The Kier molecular flexibility index (Phi) is 3.69. The van der Waals surface area contributed by atoms with Gasteiger partial charge < -0.3 is 4.90 Å². The number of carbonyl (C=O) groups is 4. The van der Waals surface area contributed by atoms with Gasteiger partial charge in [0.2, 0.25) is 5.91 Å². The second-order valence-corrected chi connectivity index (χ2v) is 5.30. The zero-order valence-electron chi connectivity index (χ0n) is 12.4.